The number of rotatable bonds is 7. The standard InChI is InChI=1S/C25H26F3N7O2/c1-37-21-14-17(34-10-8-33(9-11-34)12-13-36)5-6-19(21)31-24-30-15-18(25(26,27)28)23(32-24)20-16-29-22-4-2-3-7-35(20)22/h2-7,14-16,36H,8-13H2,1H3,(H,30,31,32). The van der Waals surface area contributed by atoms with E-state index in [1.54, 1.807) is 34.9 Å². The molecule has 1 fully saturated rings. The number of halogens is 3. The van der Waals surface area contributed by atoms with E-state index in [1.165, 1.54) is 13.3 Å². The van der Waals surface area contributed by atoms with Crippen LogP contribution in [-0.2, 0) is 6.18 Å². The summed E-state index contributed by atoms with van der Waals surface area (Å²) < 4.78 is 48.6. The Morgan fingerprint density at radius 2 is 1.86 bits per heavy atom. The highest BCUT2D eigenvalue weighted by Gasteiger charge is 2.36. The summed E-state index contributed by atoms with van der Waals surface area (Å²) in [6.45, 7) is 4.09. The lowest BCUT2D eigenvalue weighted by Crippen LogP contribution is -2.47. The minimum Gasteiger partial charge on any atom is -0.494 e. The Balaban J connectivity index is 1.44. The van der Waals surface area contributed by atoms with Crippen LogP contribution in [0.1, 0.15) is 5.56 Å². The molecule has 0 aliphatic carbocycles. The molecule has 0 radical (unpaired) electrons. The SMILES string of the molecule is COc1cc(N2CCN(CCO)CC2)ccc1Nc1ncc(C(F)(F)F)c(-c2cnc3ccccn23)n1. The Labute approximate surface area is 211 Å². The number of nitrogens with zero attached hydrogens (tertiary/aromatic N) is 6. The maximum absolute atomic E-state index is 13.8. The number of hydrogen-bond acceptors (Lipinski definition) is 8. The van der Waals surface area contributed by atoms with Crippen LogP contribution in [0.4, 0.5) is 30.5 Å². The highest BCUT2D eigenvalue weighted by Crippen LogP contribution is 2.37. The number of methoxy groups -OCH3 is 1. The van der Waals surface area contributed by atoms with Crippen LogP contribution in [0.2, 0.25) is 0 Å². The molecule has 3 aromatic heterocycles. The lowest BCUT2D eigenvalue weighted by atomic mass is 10.2. The zero-order valence-corrected chi connectivity index (χ0v) is 20.1. The van der Waals surface area contributed by atoms with E-state index in [4.69, 9.17) is 9.84 Å². The first-order valence-corrected chi connectivity index (χ1v) is 11.8. The molecular formula is C25H26F3N7O2. The fraction of sp³-hybridized carbons (Fsp3) is 0.320. The molecule has 0 amide bonds. The van der Waals surface area contributed by atoms with E-state index in [0.717, 1.165) is 38.1 Å². The number of aromatic nitrogens is 4. The average Bonchev–Trinajstić information content (AvgIpc) is 3.33. The van der Waals surface area contributed by atoms with Crippen LogP contribution in [-0.4, -0.2) is 75.8 Å². The summed E-state index contributed by atoms with van der Waals surface area (Å²) in [6.07, 6.45) is -0.863. The van der Waals surface area contributed by atoms with Gasteiger partial charge in [0.05, 0.1) is 31.3 Å². The summed E-state index contributed by atoms with van der Waals surface area (Å²) in [6, 6.07) is 10.8. The molecule has 12 heteroatoms. The largest absolute Gasteiger partial charge is 0.494 e. The smallest absolute Gasteiger partial charge is 0.420 e. The average molecular weight is 514 g/mol. The number of aliphatic hydroxyl groups is 1. The van der Waals surface area contributed by atoms with Gasteiger partial charge in [0.1, 0.15) is 22.7 Å². The van der Waals surface area contributed by atoms with Crippen LogP contribution in [0.25, 0.3) is 17.0 Å². The van der Waals surface area contributed by atoms with Crippen LogP contribution in [0.5, 0.6) is 5.75 Å². The number of alkyl halides is 3. The van der Waals surface area contributed by atoms with E-state index in [0.29, 0.717) is 23.6 Å². The van der Waals surface area contributed by atoms with Crippen molar-refractivity contribution in [3.63, 3.8) is 0 Å². The van der Waals surface area contributed by atoms with Crippen molar-refractivity contribution in [3.8, 4) is 17.1 Å². The van der Waals surface area contributed by atoms with Gasteiger partial charge in [-0.1, -0.05) is 6.07 Å². The van der Waals surface area contributed by atoms with Crippen molar-refractivity contribution in [2.75, 3.05) is 56.7 Å². The minimum atomic E-state index is -4.65. The topological polar surface area (TPSA) is 91.0 Å². The fourth-order valence-corrected chi connectivity index (χ4v) is 4.42. The molecule has 37 heavy (non-hydrogen) atoms. The Morgan fingerprint density at radius 3 is 2.59 bits per heavy atom. The Morgan fingerprint density at radius 1 is 1.05 bits per heavy atom. The number of aliphatic hydroxyl groups excluding tert-OH is 1. The molecule has 9 nitrogen and oxygen atoms in total. The van der Waals surface area contributed by atoms with Gasteiger partial charge < -0.3 is 20.1 Å². The Bertz CT molecular complexity index is 1380. The summed E-state index contributed by atoms with van der Waals surface area (Å²) in [5.74, 6) is 0.507. The van der Waals surface area contributed by atoms with Gasteiger partial charge in [0.25, 0.3) is 0 Å². The molecule has 1 aliphatic heterocycles. The first kappa shape index (κ1) is 24.8. The van der Waals surface area contributed by atoms with Crippen molar-refractivity contribution in [2.45, 2.75) is 6.18 Å². The lowest BCUT2D eigenvalue weighted by molar-refractivity contribution is -0.137. The molecule has 5 rings (SSSR count). The molecule has 1 aliphatic rings. The minimum absolute atomic E-state index is 0.00227. The lowest BCUT2D eigenvalue weighted by Gasteiger charge is -2.36. The first-order chi connectivity index (χ1) is 17.9. The summed E-state index contributed by atoms with van der Waals surface area (Å²) in [5.41, 5.74) is 0.968. The number of fused-ring (bicyclic) bond motifs is 1. The number of benzene rings is 1. The van der Waals surface area contributed by atoms with E-state index in [2.05, 4.69) is 30.1 Å². The molecule has 4 heterocycles. The van der Waals surface area contributed by atoms with Gasteiger partial charge in [-0.2, -0.15) is 13.2 Å². The monoisotopic (exact) mass is 513 g/mol. The Hall–Kier alpha value is -3.90. The molecule has 2 N–H and O–H groups in total. The highest BCUT2D eigenvalue weighted by molar-refractivity contribution is 5.70. The molecule has 1 aromatic carbocycles. The van der Waals surface area contributed by atoms with E-state index in [9.17, 15) is 13.2 Å². The third-order valence-electron chi connectivity index (χ3n) is 6.34. The van der Waals surface area contributed by atoms with Crippen LogP contribution in [0.15, 0.2) is 55.0 Å². The molecule has 4 aromatic rings. The van der Waals surface area contributed by atoms with Crippen LogP contribution < -0.4 is 15.0 Å². The first-order valence-electron chi connectivity index (χ1n) is 11.8. The number of anilines is 3. The fourth-order valence-electron chi connectivity index (χ4n) is 4.42. The summed E-state index contributed by atoms with van der Waals surface area (Å²) in [5, 5.41) is 12.2. The van der Waals surface area contributed by atoms with Crippen LogP contribution >= 0.6 is 0 Å². The second kappa shape index (κ2) is 10.2. The van der Waals surface area contributed by atoms with Crippen LogP contribution in [0.3, 0.4) is 0 Å². The maximum atomic E-state index is 13.8. The number of imidazole rings is 1. The molecule has 0 spiro atoms. The van der Waals surface area contributed by atoms with Crippen molar-refractivity contribution in [1.29, 1.82) is 0 Å². The van der Waals surface area contributed by atoms with Gasteiger partial charge in [-0.05, 0) is 24.3 Å². The zero-order valence-electron chi connectivity index (χ0n) is 20.1. The quantitative estimate of drug-likeness (QED) is 0.387. The third kappa shape index (κ3) is 5.16. The van der Waals surface area contributed by atoms with E-state index < -0.39 is 11.7 Å². The molecule has 0 unspecified atom stereocenters. The molecule has 0 bridgehead atoms. The number of hydrogen-bond donors (Lipinski definition) is 2. The van der Waals surface area contributed by atoms with Crippen molar-refractivity contribution >= 4 is 23.0 Å². The van der Waals surface area contributed by atoms with Gasteiger partial charge in [-0.3, -0.25) is 9.30 Å². The normalized spacial score (nSPS) is 14.8. The number of nitrogens with one attached hydrogen (secondary N) is 1. The molecule has 0 atom stereocenters. The van der Waals surface area contributed by atoms with Gasteiger partial charge in [-0.15, -0.1) is 0 Å². The van der Waals surface area contributed by atoms with Gasteiger partial charge in [0.15, 0.2) is 0 Å². The van der Waals surface area contributed by atoms with Gasteiger partial charge in [0.2, 0.25) is 5.95 Å². The summed E-state index contributed by atoms with van der Waals surface area (Å²) in [7, 11) is 1.53. The third-order valence-corrected chi connectivity index (χ3v) is 6.34. The van der Waals surface area contributed by atoms with E-state index in [-0.39, 0.29) is 23.9 Å². The number of piperazine rings is 1. The van der Waals surface area contributed by atoms with Gasteiger partial charge >= 0.3 is 6.18 Å². The molecular weight excluding hydrogens is 487 g/mol. The number of ether oxygens (including phenoxy) is 1. The maximum Gasteiger partial charge on any atom is 0.420 e. The van der Waals surface area contributed by atoms with Crippen molar-refractivity contribution in [3.05, 3.63) is 60.6 Å². The van der Waals surface area contributed by atoms with E-state index >= 15 is 0 Å². The zero-order chi connectivity index (χ0) is 26.0. The second-order valence-corrected chi connectivity index (χ2v) is 8.59. The number of β-amino-alcohol motifs (C(OH)–C–C–N with tert-alkyl or cyclic N) is 1. The second-order valence-electron chi connectivity index (χ2n) is 8.59. The number of pyridine rings is 1. The summed E-state index contributed by atoms with van der Waals surface area (Å²) >= 11 is 0. The predicted octanol–water partition coefficient (Wildman–Crippen LogP) is 3.68. The Kier molecular flexibility index (Phi) is 6.85. The highest BCUT2D eigenvalue weighted by atomic mass is 19.4. The van der Waals surface area contributed by atoms with Crippen molar-refractivity contribution in [1.82, 2.24) is 24.3 Å². The van der Waals surface area contributed by atoms with E-state index in [1.807, 2.05) is 12.1 Å². The van der Waals surface area contributed by atoms with Crippen molar-refractivity contribution < 1.29 is 23.0 Å². The van der Waals surface area contributed by atoms with Crippen LogP contribution in [0, 0.1) is 0 Å². The molecule has 0 saturated carbocycles. The predicted molar refractivity (Wildman–Crippen MR) is 133 cm³/mol. The molecule has 194 valence electrons. The molecule has 1 saturated heterocycles. The van der Waals surface area contributed by atoms with Gasteiger partial charge in [0, 0.05) is 56.9 Å². The summed E-state index contributed by atoms with van der Waals surface area (Å²) in [4.78, 5) is 16.8. The van der Waals surface area contributed by atoms with Gasteiger partial charge in [-0.25, -0.2) is 15.0 Å². The van der Waals surface area contributed by atoms with Crippen molar-refractivity contribution in [2.24, 2.45) is 0 Å².